The predicted octanol–water partition coefficient (Wildman–Crippen LogP) is 14.0. The molecule has 18 heteroatoms. The zero-order chi connectivity index (χ0) is 69.8. The minimum Gasteiger partial charge on any atom is -0.382 e. The lowest BCUT2D eigenvalue weighted by molar-refractivity contribution is -0.120. The highest BCUT2D eigenvalue weighted by Crippen LogP contribution is 2.27. The second kappa shape index (κ2) is 61.9. The molecule has 0 saturated heterocycles. The van der Waals surface area contributed by atoms with Gasteiger partial charge in [0, 0.05) is 121 Å². The number of carbonyl (C=O) groups excluding carboxylic acids is 6. The van der Waals surface area contributed by atoms with Crippen molar-refractivity contribution in [3.05, 3.63) is 95.1 Å². The highest BCUT2D eigenvalue weighted by atomic mass is 16.5. The number of hydrogen-bond acceptors (Lipinski definition) is 13. The van der Waals surface area contributed by atoms with Gasteiger partial charge in [0.25, 0.3) is 0 Å². The molecule has 0 saturated carbocycles. The molecule has 3 aromatic carbocycles. The summed E-state index contributed by atoms with van der Waals surface area (Å²) in [4.78, 5) is 65.1. The van der Waals surface area contributed by atoms with Gasteiger partial charge in [-0.05, 0) is 124 Å². The van der Waals surface area contributed by atoms with E-state index in [0.717, 1.165) is 105 Å². The molecule has 0 aliphatic heterocycles. The van der Waals surface area contributed by atoms with E-state index >= 15 is 0 Å². The molecular weight excluding hydrogens is 1150 g/mol. The molecule has 3 aromatic rings. The number of nitrogens with one attached hydrogen (secondary N) is 6. The Hall–Kier alpha value is -5.60. The van der Waals surface area contributed by atoms with Crippen LogP contribution in [0.1, 0.15) is 215 Å². The first kappa shape index (κ1) is 91.8. The van der Waals surface area contributed by atoms with Gasteiger partial charge in [-0.25, -0.2) is 0 Å². The summed E-state index contributed by atoms with van der Waals surface area (Å²) < 4.78 is 30.4. The van der Waals surface area contributed by atoms with Crippen molar-refractivity contribution in [1.82, 2.24) is 21.3 Å². The molecule has 0 fully saturated rings. The summed E-state index contributed by atoms with van der Waals surface area (Å²) >= 11 is 0. The standard InChI is InChI=1S/C17H18N2O2.C14H27NO2.C12H16N2O2.3C8H18O2.C6H15N/c1-12(20)18-16-7-3-14(4-8-16)11-15-5-9-17(10-6-15)19-13(2)21;1-11(7-6-8-12(2)16)9-14(4,5)10-15-13(3)17;1-9(15)13-7-11-4-3-5-12(6-11)8-14-10(2)16;3*1-4-5-6-8(10-3)7-9-2;1-4-5-6(2)7-3/h3-10H,11H2,1-2H3,(H,18,20)(H,19,21);11H,6-10H2,1-5H3,(H,15,17);3-6H,7-8H2,1-2H3,(H,13,15)(H,14,16);3*8H,4-7H2,1-3H3;6-7H,4-5H2,1-3H3. The van der Waals surface area contributed by atoms with Crippen LogP contribution in [0.25, 0.3) is 0 Å². The summed E-state index contributed by atoms with van der Waals surface area (Å²) in [6, 6.07) is 24.0. The fourth-order valence-electron chi connectivity index (χ4n) is 8.78. The summed E-state index contributed by atoms with van der Waals surface area (Å²) in [5, 5.41) is 17.0. The number of rotatable bonds is 37. The quantitative estimate of drug-likeness (QED) is 0.0316. The van der Waals surface area contributed by atoms with Crippen LogP contribution in [0.3, 0.4) is 0 Å². The fourth-order valence-corrected chi connectivity index (χ4v) is 8.78. The molecular formula is C73H130N6O12. The second-order valence-electron chi connectivity index (χ2n) is 23.9. The van der Waals surface area contributed by atoms with Gasteiger partial charge >= 0.3 is 0 Å². The maximum Gasteiger partial charge on any atom is 0.221 e. The molecule has 18 nitrogen and oxygen atoms in total. The van der Waals surface area contributed by atoms with Crippen LogP contribution in [0.5, 0.6) is 0 Å². The van der Waals surface area contributed by atoms with E-state index in [1.807, 2.05) is 79.8 Å². The third kappa shape index (κ3) is 63.0. The molecule has 0 spiro atoms. The first-order valence-electron chi connectivity index (χ1n) is 32.9. The van der Waals surface area contributed by atoms with Gasteiger partial charge in [0.2, 0.25) is 29.5 Å². The van der Waals surface area contributed by atoms with Gasteiger partial charge in [-0.1, -0.05) is 148 Å². The van der Waals surface area contributed by atoms with Crippen LogP contribution in [-0.2, 0) is 76.7 Å². The van der Waals surface area contributed by atoms with Crippen LogP contribution in [-0.4, -0.2) is 136 Å². The molecule has 524 valence electrons. The second-order valence-corrected chi connectivity index (χ2v) is 23.9. The number of carbonyl (C=O) groups is 6. The van der Waals surface area contributed by atoms with E-state index in [-0.39, 0.29) is 40.7 Å². The lowest BCUT2D eigenvalue weighted by atomic mass is 9.81. The van der Waals surface area contributed by atoms with E-state index in [9.17, 15) is 28.8 Å². The molecule has 0 aliphatic carbocycles. The van der Waals surface area contributed by atoms with Crippen LogP contribution in [0.15, 0.2) is 72.8 Å². The molecule has 5 atom stereocenters. The van der Waals surface area contributed by atoms with Gasteiger partial charge in [-0.15, -0.1) is 0 Å². The molecule has 0 radical (unpaired) electrons. The topological polar surface area (TPSA) is 230 Å². The summed E-state index contributed by atoms with van der Waals surface area (Å²) in [5.41, 5.74) is 6.10. The van der Waals surface area contributed by atoms with E-state index in [4.69, 9.17) is 28.4 Å². The van der Waals surface area contributed by atoms with Gasteiger partial charge in [-0.2, -0.15) is 0 Å². The van der Waals surface area contributed by atoms with Gasteiger partial charge < -0.3 is 65.1 Å². The molecule has 5 amide bonds. The number of amides is 5. The van der Waals surface area contributed by atoms with Crippen molar-refractivity contribution in [3.8, 4) is 0 Å². The normalized spacial score (nSPS) is 12.0. The van der Waals surface area contributed by atoms with Crippen molar-refractivity contribution in [2.24, 2.45) is 11.3 Å². The molecule has 0 aliphatic rings. The van der Waals surface area contributed by atoms with Gasteiger partial charge in [0.15, 0.2) is 0 Å². The zero-order valence-electron chi connectivity index (χ0n) is 60.8. The fraction of sp³-hybridized carbons (Fsp3) is 0.671. The first-order chi connectivity index (χ1) is 43.2. The van der Waals surface area contributed by atoms with Crippen molar-refractivity contribution < 1.29 is 57.2 Å². The highest BCUT2D eigenvalue weighted by Gasteiger charge is 2.21. The third-order valence-corrected chi connectivity index (χ3v) is 13.9. The van der Waals surface area contributed by atoms with Crippen LogP contribution >= 0.6 is 0 Å². The van der Waals surface area contributed by atoms with E-state index in [1.54, 1.807) is 56.5 Å². The van der Waals surface area contributed by atoms with Crippen molar-refractivity contribution in [1.29, 1.82) is 0 Å². The smallest absolute Gasteiger partial charge is 0.221 e. The number of Topliss-reactive ketones (excluding diaryl/α,β-unsaturated/α-hetero) is 1. The lowest BCUT2D eigenvalue weighted by Gasteiger charge is -2.28. The molecule has 6 N–H and O–H groups in total. The number of ketones is 1. The van der Waals surface area contributed by atoms with Crippen LogP contribution in [0.4, 0.5) is 11.4 Å². The molecule has 3 rings (SSSR count). The Morgan fingerprint density at radius 2 is 0.835 bits per heavy atom. The van der Waals surface area contributed by atoms with E-state index in [1.165, 1.54) is 79.1 Å². The number of methoxy groups -OCH3 is 6. The van der Waals surface area contributed by atoms with Gasteiger partial charge in [-0.3, -0.25) is 24.0 Å². The minimum atomic E-state index is -0.0729. The predicted molar refractivity (Wildman–Crippen MR) is 377 cm³/mol. The number of hydrogen-bond donors (Lipinski definition) is 6. The van der Waals surface area contributed by atoms with Crippen molar-refractivity contribution in [2.75, 3.05) is 86.7 Å². The summed E-state index contributed by atoms with van der Waals surface area (Å²) in [7, 11) is 12.3. The Morgan fingerprint density at radius 3 is 1.11 bits per heavy atom. The van der Waals surface area contributed by atoms with Crippen molar-refractivity contribution in [3.63, 3.8) is 0 Å². The number of unbranched alkanes of at least 4 members (excludes halogenated alkanes) is 3. The number of ether oxygens (including phenoxy) is 6. The summed E-state index contributed by atoms with van der Waals surface area (Å²) in [6.45, 7) is 30.6. The summed E-state index contributed by atoms with van der Waals surface area (Å²) in [5.74, 6) is 0.655. The SMILES string of the molecule is CC(=O)CCCC(C)CC(C)(C)CNC(C)=O.CC(=O)NCc1cccc(CNC(C)=O)c1.CC(=O)Nc1ccc(Cc2ccc(NC(C)=O)cc2)cc1.CCCC(C)NC.CCCCC(COC)OC.CCCCC(COC)OC.CCCCC(COC)OC. The average molecular weight is 1280 g/mol. The Kier molecular flexibility index (Phi) is 62.4. The van der Waals surface area contributed by atoms with E-state index in [0.29, 0.717) is 49.8 Å². The average Bonchev–Trinajstić information content (AvgIpc) is 2.04. The molecule has 91 heavy (non-hydrogen) atoms. The Labute approximate surface area is 553 Å². The largest absolute Gasteiger partial charge is 0.382 e. The van der Waals surface area contributed by atoms with Gasteiger partial charge in [0.05, 0.1) is 38.1 Å². The van der Waals surface area contributed by atoms with Crippen LogP contribution in [0.2, 0.25) is 0 Å². The van der Waals surface area contributed by atoms with Crippen LogP contribution < -0.4 is 31.9 Å². The van der Waals surface area contributed by atoms with Crippen molar-refractivity contribution >= 4 is 46.7 Å². The Morgan fingerprint density at radius 1 is 0.462 bits per heavy atom. The molecule has 0 heterocycles. The highest BCUT2D eigenvalue weighted by molar-refractivity contribution is 5.89. The molecule has 0 bridgehead atoms. The van der Waals surface area contributed by atoms with E-state index in [2.05, 4.69) is 87.3 Å². The maximum atomic E-state index is 11.0. The third-order valence-electron chi connectivity index (χ3n) is 13.9. The first-order valence-corrected chi connectivity index (χ1v) is 32.9. The summed E-state index contributed by atoms with van der Waals surface area (Å²) in [6.07, 6.45) is 18.8. The molecule has 0 aromatic heterocycles. The lowest BCUT2D eigenvalue weighted by Crippen LogP contribution is -2.33. The van der Waals surface area contributed by atoms with Crippen LogP contribution in [0, 0.1) is 11.3 Å². The number of anilines is 2. The number of benzene rings is 3. The van der Waals surface area contributed by atoms with Gasteiger partial charge in [0.1, 0.15) is 5.78 Å². The monoisotopic (exact) mass is 1280 g/mol. The Bertz CT molecular complexity index is 2110. The molecule has 5 unspecified atom stereocenters. The zero-order valence-corrected chi connectivity index (χ0v) is 60.8. The maximum absolute atomic E-state index is 11.0. The van der Waals surface area contributed by atoms with E-state index < -0.39 is 0 Å². The minimum absolute atomic E-state index is 0.0299. The Balaban J connectivity index is -0.000000500. The van der Waals surface area contributed by atoms with Crippen molar-refractivity contribution in [2.45, 2.75) is 237 Å².